The second-order valence-electron chi connectivity index (χ2n) is 8.43. The number of amides is 1. The molecule has 2 aromatic rings. The predicted molar refractivity (Wildman–Crippen MR) is 121 cm³/mol. The summed E-state index contributed by atoms with van der Waals surface area (Å²) in [4.78, 5) is 12.5. The van der Waals surface area contributed by atoms with Gasteiger partial charge in [0, 0.05) is 10.8 Å². The van der Waals surface area contributed by atoms with Crippen LogP contribution in [0.1, 0.15) is 38.8 Å². The minimum atomic E-state index is -3.94. The van der Waals surface area contributed by atoms with Crippen molar-refractivity contribution in [2.45, 2.75) is 44.4 Å². The Morgan fingerprint density at radius 2 is 1.97 bits per heavy atom. The number of ether oxygens (including phenoxy) is 1. The van der Waals surface area contributed by atoms with Crippen molar-refractivity contribution in [3.8, 4) is 0 Å². The van der Waals surface area contributed by atoms with E-state index in [1.165, 1.54) is 11.1 Å². The number of rotatable bonds is 6. The van der Waals surface area contributed by atoms with E-state index in [4.69, 9.17) is 4.74 Å². The van der Waals surface area contributed by atoms with Crippen LogP contribution in [-0.2, 0) is 26.1 Å². The SMILES string of the molecule is COC1=C(Br)C=CCC1(C)S(=O)(=O)n1c(CNC(=O)C2(C)CC2)cc2ccccc21. The number of aromatic nitrogens is 1. The van der Waals surface area contributed by atoms with E-state index in [1.807, 2.05) is 37.3 Å². The average Bonchev–Trinajstić information content (AvgIpc) is 3.34. The number of hydrogen-bond acceptors (Lipinski definition) is 4. The number of carbonyl (C=O) groups is 1. The number of halogens is 1. The van der Waals surface area contributed by atoms with Crippen LogP contribution in [0.5, 0.6) is 0 Å². The van der Waals surface area contributed by atoms with Crippen molar-refractivity contribution in [2.75, 3.05) is 7.11 Å². The Morgan fingerprint density at radius 1 is 1.27 bits per heavy atom. The Balaban J connectivity index is 1.82. The van der Waals surface area contributed by atoms with E-state index < -0.39 is 14.8 Å². The Labute approximate surface area is 185 Å². The lowest BCUT2D eigenvalue weighted by molar-refractivity contribution is -0.125. The Hall–Kier alpha value is -2.06. The lowest BCUT2D eigenvalue weighted by Crippen LogP contribution is -2.44. The first-order chi connectivity index (χ1) is 14.1. The molecule has 1 atom stereocenters. The van der Waals surface area contributed by atoms with E-state index in [0.717, 1.165) is 18.2 Å². The summed E-state index contributed by atoms with van der Waals surface area (Å²) in [7, 11) is -2.46. The molecule has 1 aromatic carbocycles. The van der Waals surface area contributed by atoms with E-state index in [2.05, 4.69) is 21.2 Å². The van der Waals surface area contributed by atoms with E-state index in [9.17, 15) is 13.2 Å². The zero-order valence-corrected chi connectivity index (χ0v) is 19.6. The number of hydrogen-bond donors (Lipinski definition) is 1. The normalized spacial score (nSPS) is 22.9. The molecule has 8 heteroatoms. The number of allylic oxidation sites excluding steroid dienone is 3. The summed E-state index contributed by atoms with van der Waals surface area (Å²) in [6.07, 6.45) is 5.64. The first-order valence-corrected chi connectivity index (χ1v) is 12.1. The fraction of sp³-hybridized carbons (Fsp3) is 0.409. The molecule has 160 valence electrons. The molecule has 0 saturated heterocycles. The molecule has 6 nitrogen and oxygen atoms in total. The highest BCUT2D eigenvalue weighted by atomic mass is 79.9. The van der Waals surface area contributed by atoms with Crippen LogP contribution >= 0.6 is 15.9 Å². The molecule has 1 heterocycles. The molecule has 0 spiro atoms. The predicted octanol–water partition coefficient (Wildman–Crippen LogP) is 4.21. The van der Waals surface area contributed by atoms with Crippen molar-refractivity contribution in [1.29, 1.82) is 0 Å². The van der Waals surface area contributed by atoms with Gasteiger partial charge < -0.3 is 10.1 Å². The molecule has 1 amide bonds. The minimum Gasteiger partial charge on any atom is -0.498 e. The third-order valence-electron chi connectivity index (χ3n) is 6.20. The Bertz CT molecular complexity index is 1190. The highest BCUT2D eigenvalue weighted by molar-refractivity contribution is 9.11. The summed E-state index contributed by atoms with van der Waals surface area (Å²) < 4.78 is 34.3. The fourth-order valence-corrected chi connectivity index (χ4v) is 6.84. The Morgan fingerprint density at radius 3 is 2.63 bits per heavy atom. The average molecular weight is 493 g/mol. The van der Waals surface area contributed by atoms with Gasteiger partial charge in [0.05, 0.1) is 29.3 Å². The van der Waals surface area contributed by atoms with Crippen molar-refractivity contribution in [2.24, 2.45) is 5.41 Å². The van der Waals surface area contributed by atoms with Gasteiger partial charge >= 0.3 is 0 Å². The van der Waals surface area contributed by atoms with Gasteiger partial charge in [-0.1, -0.05) is 31.2 Å². The van der Waals surface area contributed by atoms with Gasteiger partial charge in [-0.25, -0.2) is 12.4 Å². The summed E-state index contributed by atoms with van der Waals surface area (Å²) in [6.45, 7) is 3.74. The molecule has 2 aliphatic carbocycles. The van der Waals surface area contributed by atoms with Crippen LogP contribution in [-0.4, -0.2) is 30.2 Å². The molecule has 1 unspecified atom stereocenters. The van der Waals surface area contributed by atoms with E-state index in [1.54, 1.807) is 19.1 Å². The Kier molecular flexibility index (Phi) is 5.13. The molecule has 2 aliphatic rings. The van der Waals surface area contributed by atoms with Gasteiger partial charge in [0.2, 0.25) is 5.91 Å². The van der Waals surface area contributed by atoms with Crippen LogP contribution in [0.25, 0.3) is 10.9 Å². The maximum atomic E-state index is 14.1. The number of carbonyl (C=O) groups excluding carboxylic acids is 1. The number of nitrogens with zero attached hydrogens (tertiary/aromatic N) is 1. The van der Waals surface area contributed by atoms with Crippen LogP contribution in [0, 0.1) is 5.41 Å². The van der Waals surface area contributed by atoms with Crippen LogP contribution in [0.2, 0.25) is 0 Å². The molecule has 0 bridgehead atoms. The van der Waals surface area contributed by atoms with E-state index >= 15 is 0 Å². The third kappa shape index (κ3) is 3.21. The third-order valence-corrected chi connectivity index (χ3v) is 9.23. The topological polar surface area (TPSA) is 77.4 Å². The highest BCUT2D eigenvalue weighted by Gasteiger charge is 2.48. The van der Waals surface area contributed by atoms with Crippen molar-refractivity contribution in [3.63, 3.8) is 0 Å². The molecular weight excluding hydrogens is 468 g/mol. The zero-order valence-electron chi connectivity index (χ0n) is 17.2. The molecule has 30 heavy (non-hydrogen) atoms. The van der Waals surface area contributed by atoms with Crippen molar-refractivity contribution in [3.05, 3.63) is 58.4 Å². The van der Waals surface area contributed by atoms with E-state index in [0.29, 0.717) is 21.5 Å². The first-order valence-electron chi connectivity index (χ1n) is 9.88. The smallest absolute Gasteiger partial charge is 0.252 e. The van der Waals surface area contributed by atoms with Crippen LogP contribution in [0.4, 0.5) is 0 Å². The summed E-state index contributed by atoms with van der Waals surface area (Å²) in [5.74, 6) is 0.326. The number of benzene rings is 1. The van der Waals surface area contributed by atoms with Gasteiger partial charge in [-0.3, -0.25) is 4.79 Å². The van der Waals surface area contributed by atoms with Crippen molar-refractivity contribution >= 4 is 42.8 Å². The number of para-hydroxylation sites is 1. The molecule has 1 saturated carbocycles. The van der Waals surface area contributed by atoms with Crippen LogP contribution in [0.15, 0.2) is 52.7 Å². The van der Waals surface area contributed by atoms with Crippen LogP contribution < -0.4 is 5.32 Å². The number of methoxy groups -OCH3 is 1. The van der Waals surface area contributed by atoms with E-state index in [-0.39, 0.29) is 24.3 Å². The minimum absolute atomic E-state index is 0.0382. The van der Waals surface area contributed by atoms with Crippen molar-refractivity contribution in [1.82, 2.24) is 9.29 Å². The first kappa shape index (κ1) is 21.2. The monoisotopic (exact) mass is 492 g/mol. The molecule has 1 fully saturated rings. The summed E-state index contributed by atoms with van der Waals surface area (Å²) >= 11 is 3.43. The quantitative estimate of drug-likeness (QED) is 0.654. The standard InChI is InChI=1S/C22H25BrN2O4S/c1-21(11-12-21)20(26)24-14-16-13-15-7-4-5-9-18(15)25(16)30(27,28)22(2)10-6-8-17(23)19(22)29-3/h4-9,13H,10-12,14H2,1-3H3,(H,24,26). The fourth-order valence-electron chi connectivity index (χ4n) is 3.94. The molecule has 1 aromatic heterocycles. The lowest BCUT2D eigenvalue weighted by Gasteiger charge is -2.33. The number of nitrogens with one attached hydrogen (secondary N) is 1. The molecule has 1 N–H and O–H groups in total. The summed E-state index contributed by atoms with van der Waals surface area (Å²) in [5, 5.41) is 3.74. The van der Waals surface area contributed by atoms with Gasteiger partial charge in [0.15, 0.2) is 4.75 Å². The maximum Gasteiger partial charge on any atom is 0.252 e. The van der Waals surface area contributed by atoms with Gasteiger partial charge in [0.1, 0.15) is 5.76 Å². The molecule has 0 aliphatic heterocycles. The lowest BCUT2D eigenvalue weighted by atomic mass is 10.00. The summed E-state index contributed by atoms with van der Waals surface area (Å²) in [5.41, 5.74) is 0.782. The highest BCUT2D eigenvalue weighted by Crippen LogP contribution is 2.45. The molecule has 0 radical (unpaired) electrons. The zero-order chi connectivity index (χ0) is 21.7. The summed E-state index contributed by atoms with van der Waals surface area (Å²) in [6, 6.07) is 9.17. The maximum absolute atomic E-state index is 14.1. The largest absolute Gasteiger partial charge is 0.498 e. The van der Waals surface area contributed by atoms with Gasteiger partial charge in [-0.2, -0.15) is 0 Å². The number of fused-ring (bicyclic) bond motifs is 1. The second-order valence-corrected chi connectivity index (χ2v) is 11.5. The second kappa shape index (κ2) is 7.27. The molecule has 4 rings (SSSR count). The van der Waals surface area contributed by atoms with Gasteiger partial charge in [-0.05, 0) is 60.3 Å². The van der Waals surface area contributed by atoms with Gasteiger partial charge in [0.25, 0.3) is 10.0 Å². The van der Waals surface area contributed by atoms with Crippen molar-refractivity contribution < 1.29 is 17.9 Å². The van der Waals surface area contributed by atoms with Crippen LogP contribution in [0.3, 0.4) is 0 Å². The molecular formula is C22H25BrN2O4S. The van der Waals surface area contributed by atoms with Gasteiger partial charge in [-0.15, -0.1) is 0 Å².